The summed E-state index contributed by atoms with van der Waals surface area (Å²) in [7, 11) is -3.47. The number of pyridine rings is 1. The molecule has 1 N–H and O–H groups in total. The van der Waals surface area contributed by atoms with Gasteiger partial charge in [0.1, 0.15) is 6.10 Å². The van der Waals surface area contributed by atoms with E-state index in [1.807, 2.05) is 0 Å². The van der Waals surface area contributed by atoms with E-state index in [2.05, 4.69) is 10.3 Å². The van der Waals surface area contributed by atoms with Gasteiger partial charge < -0.3 is 10.1 Å². The average Bonchev–Trinajstić information content (AvgIpc) is 3.33. The molecule has 2 fully saturated rings. The second kappa shape index (κ2) is 9.54. The molecule has 31 heavy (non-hydrogen) atoms. The summed E-state index contributed by atoms with van der Waals surface area (Å²) in [6.07, 6.45) is 6.68. The number of hydrogen-bond acceptors (Lipinski definition) is 5. The molecule has 0 unspecified atom stereocenters. The Labute approximate surface area is 187 Å². The van der Waals surface area contributed by atoms with Crippen LogP contribution in [-0.4, -0.2) is 48.8 Å². The van der Waals surface area contributed by atoms with E-state index in [-0.39, 0.29) is 22.9 Å². The molecule has 2 heterocycles. The van der Waals surface area contributed by atoms with Gasteiger partial charge in [0.2, 0.25) is 15.9 Å². The third-order valence-electron chi connectivity index (χ3n) is 5.82. The normalized spacial score (nSPS) is 22.2. The minimum absolute atomic E-state index is 0.0666. The number of rotatable bonds is 6. The molecule has 0 radical (unpaired) electrons. The SMILES string of the molecule is O=C(NC1CCC(Oc2ccc(Cl)cn2)CC1)c1ccc(S(=O)(=O)N2CCCC2)cc1. The summed E-state index contributed by atoms with van der Waals surface area (Å²) in [6.45, 7) is 1.12. The number of carbonyl (C=O) groups excluding carboxylic acids is 1. The molecule has 9 heteroatoms. The van der Waals surface area contributed by atoms with Crippen LogP contribution in [0.3, 0.4) is 0 Å². The first-order valence-electron chi connectivity index (χ1n) is 10.6. The molecule has 4 rings (SSSR count). The van der Waals surface area contributed by atoms with Crippen LogP contribution in [0.1, 0.15) is 48.9 Å². The van der Waals surface area contributed by atoms with Crippen LogP contribution >= 0.6 is 11.6 Å². The number of aromatic nitrogens is 1. The molecule has 0 bridgehead atoms. The van der Waals surface area contributed by atoms with Crippen molar-refractivity contribution < 1.29 is 17.9 Å². The summed E-state index contributed by atoms with van der Waals surface area (Å²) in [5, 5.41) is 3.62. The van der Waals surface area contributed by atoms with Crippen LogP contribution in [0, 0.1) is 0 Å². The Bertz CT molecular complexity index is 998. The predicted molar refractivity (Wildman–Crippen MR) is 118 cm³/mol. The van der Waals surface area contributed by atoms with Crippen LogP contribution in [0.5, 0.6) is 5.88 Å². The van der Waals surface area contributed by atoms with Crippen LogP contribution in [-0.2, 0) is 10.0 Å². The number of halogens is 1. The fourth-order valence-corrected chi connectivity index (χ4v) is 5.68. The Morgan fingerprint density at radius 1 is 1.03 bits per heavy atom. The first-order valence-corrected chi connectivity index (χ1v) is 12.4. The van der Waals surface area contributed by atoms with Gasteiger partial charge in [-0.05, 0) is 68.9 Å². The highest BCUT2D eigenvalue weighted by Gasteiger charge is 2.28. The molecule has 166 valence electrons. The number of hydrogen-bond donors (Lipinski definition) is 1. The van der Waals surface area contributed by atoms with Crippen LogP contribution < -0.4 is 10.1 Å². The molecule has 2 aliphatic rings. The Morgan fingerprint density at radius 2 is 1.71 bits per heavy atom. The minimum atomic E-state index is -3.47. The first-order chi connectivity index (χ1) is 14.9. The van der Waals surface area contributed by atoms with Gasteiger partial charge in [-0.3, -0.25) is 4.79 Å². The molecule has 1 aliphatic carbocycles. The van der Waals surface area contributed by atoms with E-state index in [4.69, 9.17) is 16.3 Å². The molecule has 1 saturated heterocycles. The summed E-state index contributed by atoms with van der Waals surface area (Å²) in [4.78, 5) is 17.0. The zero-order valence-electron chi connectivity index (χ0n) is 17.2. The highest BCUT2D eigenvalue weighted by atomic mass is 35.5. The van der Waals surface area contributed by atoms with Crippen LogP contribution in [0.25, 0.3) is 0 Å². The molecule has 0 spiro atoms. The van der Waals surface area contributed by atoms with Gasteiger partial charge >= 0.3 is 0 Å². The first kappa shape index (κ1) is 22.0. The van der Waals surface area contributed by atoms with Crippen molar-refractivity contribution in [2.75, 3.05) is 13.1 Å². The lowest BCUT2D eigenvalue weighted by Crippen LogP contribution is -2.39. The van der Waals surface area contributed by atoms with Crippen molar-refractivity contribution in [2.24, 2.45) is 0 Å². The fraction of sp³-hybridized carbons (Fsp3) is 0.455. The second-order valence-electron chi connectivity index (χ2n) is 8.02. The minimum Gasteiger partial charge on any atom is -0.474 e. The van der Waals surface area contributed by atoms with Gasteiger partial charge in [0.05, 0.1) is 9.92 Å². The summed E-state index contributed by atoms with van der Waals surface area (Å²) in [5.41, 5.74) is 0.462. The van der Waals surface area contributed by atoms with E-state index in [0.717, 1.165) is 38.5 Å². The topological polar surface area (TPSA) is 88.6 Å². The van der Waals surface area contributed by atoms with Crippen molar-refractivity contribution in [3.63, 3.8) is 0 Å². The Hall–Kier alpha value is -2.16. The lowest BCUT2D eigenvalue weighted by Gasteiger charge is -2.29. The summed E-state index contributed by atoms with van der Waals surface area (Å²) < 4.78 is 32.6. The van der Waals surface area contributed by atoms with Gasteiger partial charge in [-0.25, -0.2) is 13.4 Å². The molecule has 1 aliphatic heterocycles. The zero-order valence-corrected chi connectivity index (χ0v) is 18.7. The third kappa shape index (κ3) is 5.37. The van der Waals surface area contributed by atoms with Crippen molar-refractivity contribution in [3.05, 3.63) is 53.2 Å². The maximum atomic E-state index is 12.6. The van der Waals surface area contributed by atoms with Gasteiger partial charge in [0.15, 0.2) is 0 Å². The number of carbonyl (C=O) groups is 1. The molecular weight excluding hydrogens is 438 g/mol. The lowest BCUT2D eigenvalue weighted by molar-refractivity contribution is 0.0890. The van der Waals surface area contributed by atoms with Gasteiger partial charge in [-0.15, -0.1) is 0 Å². The van der Waals surface area contributed by atoms with Crippen LogP contribution in [0.15, 0.2) is 47.5 Å². The van der Waals surface area contributed by atoms with Gasteiger partial charge in [0, 0.05) is 37.0 Å². The average molecular weight is 464 g/mol. The van der Waals surface area contributed by atoms with Crippen LogP contribution in [0.2, 0.25) is 5.02 Å². The summed E-state index contributed by atoms with van der Waals surface area (Å²) in [6, 6.07) is 9.77. The molecule has 7 nitrogen and oxygen atoms in total. The van der Waals surface area contributed by atoms with E-state index in [9.17, 15) is 13.2 Å². The number of nitrogens with zero attached hydrogens (tertiary/aromatic N) is 2. The molecule has 1 saturated carbocycles. The Morgan fingerprint density at radius 3 is 2.32 bits per heavy atom. The van der Waals surface area contributed by atoms with E-state index in [1.165, 1.54) is 16.4 Å². The Kier molecular flexibility index (Phi) is 6.79. The predicted octanol–water partition coefficient (Wildman–Crippen LogP) is 3.64. The monoisotopic (exact) mass is 463 g/mol. The smallest absolute Gasteiger partial charge is 0.251 e. The fourth-order valence-electron chi connectivity index (χ4n) is 4.05. The van der Waals surface area contributed by atoms with E-state index in [1.54, 1.807) is 30.5 Å². The van der Waals surface area contributed by atoms with Gasteiger partial charge in [0.25, 0.3) is 5.91 Å². The standard InChI is InChI=1S/C22H26ClN3O4S/c23-17-5-12-21(24-15-17)30-19-8-6-18(7-9-19)25-22(27)16-3-10-20(11-4-16)31(28,29)26-13-1-2-14-26/h3-5,10-12,15,18-19H,1-2,6-9,13-14H2,(H,25,27). The third-order valence-corrected chi connectivity index (χ3v) is 7.95. The zero-order chi connectivity index (χ0) is 21.8. The van der Waals surface area contributed by atoms with Gasteiger partial charge in [-0.2, -0.15) is 4.31 Å². The molecule has 0 atom stereocenters. The maximum absolute atomic E-state index is 12.6. The maximum Gasteiger partial charge on any atom is 0.251 e. The molecule has 2 aromatic rings. The van der Waals surface area contributed by atoms with E-state index >= 15 is 0 Å². The molecule has 1 aromatic heterocycles. The quantitative estimate of drug-likeness (QED) is 0.706. The van der Waals surface area contributed by atoms with Gasteiger partial charge in [-0.1, -0.05) is 11.6 Å². The largest absolute Gasteiger partial charge is 0.474 e. The highest BCUT2D eigenvalue weighted by Crippen LogP contribution is 2.24. The Balaban J connectivity index is 1.28. The molecule has 1 amide bonds. The number of nitrogens with one attached hydrogen (secondary N) is 1. The summed E-state index contributed by atoms with van der Waals surface area (Å²) in [5.74, 6) is 0.370. The van der Waals surface area contributed by atoms with Crippen molar-refractivity contribution in [2.45, 2.75) is 55.6 Å². The van der Waals surface area contributed by atoms with Crippen molar-refractivity contribution >= 4 is 27.5 Å². The van der Waals surface area contributed by atoms with Crippen molar-refractivity contribution in [1.29, 1.82) is 0 Å². The lowest BCUT2D eigenvalue weighted by atomic mass is 9.92. The number of benzene rings is 1. The van der Waals surface area contributed by atoms with E-state index < -0.39 is 10.0 Å². The molecule has 1 aromatic carbocycles. The van der Waals surface area contributed by atoms with Crippen LogP contribution in [0.4, 0.5) is 0 Å². The highest BCUT2D eigenvalue weighted by molar-refractivity contribution is 7.89. The number of sulfonamides is 1. The van der Waals surface area contributed by atoms with Crippen molar-refractivity contribution in [3.8, 4) is 5.88 Å². The van der Waals surface area contributed by atoms with E-state index in [0.29, 0.717) is 29.6 Å². The van der Waals surface area contributed by atoms with Crippen molar-refractivity contribution in [1.82, 2.24) is 14.6 Å². The number of ether oxygens (including phenoxy) is 1. The number of amides is 1. The molecular formula is C22H26ClN3O4S. The second-order valence-corrected chi connectivity index (χ2v) is 10.4. The summed E-state index contributed by atoms with van der Waals surface area (Å²) >= 11 is 5.84.